The number of ether oxygens (including phenoxy) is 2. The number of methoxy groups -OCH3 is 2. The number of fused-ring (bicyclic) bond motifs is 1. The van der Waals surface area contributed by atoms with Crippen LogP contribution in [0.25, 0.3) is 11.0 Å². The Hall–Kier alpha value is -1.42. The zero-order valence-electron chi connectivity index (χ0n) is 13.3. The third kappa shape index (κ3) is 3.10. The van der Waals surface area contributed by atoms with Crippen molar-refractivity contribution in [3.8, 4) is 11.5 Å². The van der Waals surface area contributed by atoms with Crippen LogP contribution < -0.4 is 9.47 Å². The summed E-state index contributed by atoms with van der Waals surface area (Å²) in [6.45, 7) is 6.65. The fourth-order valence-electron chi connectivity index (χ4n) is 2.85. The van der Waals surface area contributed by atoms with Crippen molar-refractivity contribution in [1.82, 2.24) is 9.55 Å². The first-order chi connectivity index (χ1) is 10.0. The Morgan fingerprint density at radius 2 is 1.76 bits per heavy atom. The number of aromatic nitrogens is 2. The lowest BCUT2D eigenvalue weighted by molar-refractivity contribution is 0.355. The molecule has 4 nitrogen and oxygen atoms in total. The van der Waals surface area contributed by atoms with Gasteiger partial charge >= 0.3 is 0 Å². The highest BCUT2D eigenvalue weighted by atomic mass is 35.5. The van der Waals surface area contributed by atoms with Crippen LogP contribution >= 0.6 is 11.6 Å². The minimum atomic E-state index is 0.335. The number of benzene rings is 1. The summed E-state index contributed by atoms with van der Waals surface area (Å²) in [5, 5.41) is 0. The van der Waals surface area contributed by atoms with E-state index in [1.165, 1.54) is 0 Å². The molecular formula is C16H23ClN2O2. The van der Waals surface area contributed by atoms with Gasteiger partial charge in [0.15, 0.2) is 11.5 Å². The monoisotopic (exact) mass is 310 g/mol. The van der Waals surface area contributed by atoms with Gasteiger partial charge in [-0.05, 0) is 19.3 Å². The van der Waals surface area contributed by atoms with E-state index in [1.807, 2.05) is 12.1 Å². The molecule has 0 aliphatic rings. The third-order valence-corrected chi connectivity index (χ3v) is 3.88. The van der Waals surface area contributed by atoms with Crippen LogP contribution in [0.1, 0.15) is 39.1 Å². The van der Waals surface area contributed by atoms with Crippen molar-refractivity contribution in [2.24, 2.45) is 5.92 Å². The standard InChI is InChI=1S/C16H23ClN2O2/c1-10(2)6-11(3)19-13-8-15(21-5)14(20-4)7-12(13)18-16(19)9-17/h7-8,10-11H,6,9H2,1-5H3. The summed E-state index contributed by atoms with van der Waals surface area (Å²) in [4.78, 5) is 4.64. The molecule has 0 bridgehead atoms. The summed E-state index contributed by atoms with van der Waals surface area (Å²) in [5.41, 5.74) is 1.93. The van der Waals surface area contributed by atoms with Crippen LogP contribution in [0.4, 0.5) is 0 Å². The predicted octanol–water partition coefficient (Wildman–Crippen LogP) is 4.40. The second-order valence-corrected chi connectivity index (χ2v) is 5.97. The Balaban J connectivity index is 2.61. The van der Waals surface area contributed by atoms with Crippen molar-refractivity contribution in [3.05, 3.63) is 18.0 Å². The summed E-state index contributed by atoms with van der Waals surface area (Å²) in [6.07, 6.45) is 1.07. The van der Waals surface area contributed by atoms with E-state index in [2.05, 4.69) is 30.3 Å². The van der Waals surface area contributed by atoms with Crippen molar-refractivity contribution in [2.75, 3.05) is 14.2 Å². The molecule has 0 N–H and O–H groups in total. The highest BCUT2D eigenvalue weighted by Crippen LogP contribution is 2.35. The van der Waals surface area contributed by atoms with Gasteiger partial charge in [-0.2, -0.15) is 0 Å². The van der Waals surface area contributed by atoms with Gasteiger partial charge in [0.1, 0.15) is 5.82 Å². The fraction of sp³-hybridized carbons (Fsp3) is 0.562. The average molecular weight is 311 g/mol. The Morgan fingerprint density at radius 1 is 1.14 bits per heavy atom. The number of rotatable bonds is 6. The van der Waals surface area contributed by atoms with Crippen molar-refractivity contribution >= 4 is 22.6 Å². The average Bonchev–Trinajstić information content (AvgIpc) is 2.82. The van der Waals surface area contributed by atoms with Crippen LogP contribution in [-0.4, -0.2) is 23.8 Å². The van der Waals surface area contributed by atoms with Gasteiger partial charge in [-0.1, -0.05) is 13.8 Å². The summed E-state index contributed by atoms with van der Waals surface area (Å²) >= 11 is 6.09. The van der Waals surface area contributed by atoms with Gasteiger partial charge in [0.25, 0.3) is 0 Å². The van der Waals surface area contributed by atoms with E-state index in [4.69, 9.17) is 21.1 Å². The molecule has 1 unspecified atom stereocenters. The lowest BCUT2D eigenvalue weighted by atomic mass is 10.0. The van der Waals surface area contributed by atoms with E-state index >= 15 is 0 Å². The normalized spacial score (nSPS) is 12.9. The topological polar surface area (TPSA) is 36.3 Å². The first-order valence-corrected chi connectivity index (χ1v) is 7.74. The molecule has 0 aliphatic heterocycles. The molecule has 21 heavy (non-hydrogen) atoms. The van der Waals surface area contributed by atoms with Crippen LogP contribution in [0.3, 0.4) is 0 Å². The second kappa shape index (κ2) is 6.56. The van der Waals surface area contributed by atoms with Crippen molar-refractivity contribution in [2.45, 2.75) is 39.1 Å². The van der Waals surface area contributed by atoms with Crippen molar-refractivity contribution in [1.29, 1.82) is 0 Å². The van der Waals surface area contributed by atoms with Crippen LogP contribution in [0.15, 0.2) is 12.1 Å². The highest BCUT2D eigenvalue weighted by Gasteiger charge is 2.18. The minimum absolute atomic E-state index is 0.335. The van der Waals surface area contributed by atoms with E-state index < -0.39 is 0 Å². The van der Waals surface area contributed by atoms with Crippen molar-refractivity contribution < 1.29 is 9.47 Å². The zero-order valence-corrected chi connectivity index (χ0v) is 14.1. The molecule has 2 rings (SSSR count). The molecule has 0 fully saturated rings. The van der Waals surface area contributed by atoms with E-state index in [9.17, 15) is 0 Å². The van der Waals surface area contributed by atoms with Crippen LogP contribution in [0, 0.1) is 5.92 Å². The van der Waals surface area contributed by atoms with Gasteiger partial charge in [-0.15, -0.1) is 11.6 Å². The molecule has 1 aromatic carbocycles. The molecule has 2 aromatic rings. The van der Waals surface area contributed by atoms with Gasteiger partial charge < -0.3 is 14.0 Å². The molecule has 0 radical (unpaired) electrons. The molecule has 1 aromatic heterocycles. The summed E-state index contributed by atoms with van der Waals surface area (Å²) in [5.74, 6) is 3.29. The molecule has 0 aliphatic carbocycles. The lowest BCUT2D eigenvalue weighted by Crippen LogP contribution is -2.11. The van der Waals surface area contributed by atoms with Crippen LogP contribution in [-0.2, 0) is 5.88 Å². The third-order valence-electron chi connectivity index (χ3n) is 3.64. The Morgan fingerprint density at radius 3 is 2.29 bits per heavy atom. The predicted molar refractivity (Wildman–Crippen MR) is 86.6 cm³/mol. The van der Waals surface area contributed by atoms with Gasteiger partial charge in [0, 0.05) is 18.2 Å². The van der Waals surface area contributed by atoms with Gasteiger partial charge in [0.05, 0.1) is 31.1 Å². The summed E-state index contributed by atoms with van der Waals surface area (Å²) < 4.78 is 13.0. The molecule has 0 saturated carbocycles. The number of alkyl halides is 1. The molecule has 1 heterocycles. The molecule has 0 saturated heterocycles. The summed E-state index contributed by atoms with van der Waals surface area (Å²) in [6, 6.07) is 4.22. The first kappa shape index (κ1) is 16.0. The number of hydrogen-bond donors (Lipinski definition) is 0. The van der Waals surface area contributed by atoms with Gasteiger partial charge in [-0.25, -0.2) is 4.98 Å². The van der Waals surface area contributed by atoms with Crippen LogP contribution in [0.2, 0.25) is 0 Å². The molecule has 116 valence electrons. The van der Waals surface area contributed by atoms with Gasteiger partial charge in [0.2, 0.25) is 0 Å². The molecule has 0 amide bonds. The molecular weight excluding hydrogens is 288 g/mol. The zero-order chi connectivity index (χ0) is 15.6. The Kier molecular flexibility index (Phi) is 4.99. The van der Waals surface area contributed by atoms with Crippen molar-refractivity contribution in [3.63, 3.8) is 0 Å². The van der Waals surface area contributed by atoms with E-state index in [1.54, 1.807) is 14.2 Å². The molecule has 5 heteroatoms. The Labute approximate surface area is 131 Å². The molecule has 0 spiro atoms. The number of nitrogens with zero attached hydrogens (tertiary/aromatic N) is 2. The smallest absolute Gasteiger partial charge is 0.163 e. The summed E-state index contributed by atoms with van der Waals surface area (Å²) in [7, 11) is 3.27. The van der Waals surface area contributed by atoms with Gasteiger partial charge in [-0.3, -0.25) is 0 Å². The Bertz CT molecular complexity index is 622. The van der Waals surface area contributed by atoms with E-state index in [0.717, 1.165) is 23.3 Å². The van der Waals surface area contributed by atoms with E-state index in [0.29, 0.717) is 29.3 Å². The maximum Gasteiger partial charge on any atom is 0.163 e. The quantitative estimate of drug-likeness (QED) is 0.742. The number of hydrogen-bond acceptors (Lipinski definition) is 3. The largest absolute Gasteiger partial charge is 0.493 e. The number of halogens is 1. The minimum Gasteiger partial charge on any atom is -0.493 e. The maximum atomic E-state index is 6.09. The lowest BCUT2D eigenvalue weighted by Gasteiger charge is -2.19. The first-order valence-electron chi connectivity index (χ1n) is 7.20. The fourth-order valence-corrected chi connectivity index (χ4v) is 3.03. The van der Waals surface area contributed by atoms with Crippen LogP contribution in [0.5, 0.6) is 11.5 Å². The van der Waals surface area contributed by atoms with E-state index in [-0.39, 0.29) is 0 Å². The SMILES string of the molecule is COc1cc2nc(CCl)n(C(C)CC(C)C)c2cc1OC. The molecule has 1 atom stereocenters. The number of imidazole rings is 1. The maximum absolute atomic E-state index is 6.09. The second-order valence-electron chi connectivity index (χ2n) is 5.71. The highest BCUT2D eigenvalue weighted by molar-refractivity contribution is 6.16.